The lowest BCUT2D eigenvalue weighted by Crippen LogP contribution is -1.91. The van der Waals surface area contributed by atoms with Gasteiger partial charge < -0.3 is 9.26 Å². The van der Waals surface area contributed by atoms with E-state index in [-0.39, 0.29) is 11.0 Å². The number of nitrogens with zero attached hydrogens (tertiary/aromatic N) is 1. The number of aromatic nitrogens is 1. The molecule has 0 N–H and O–H groups in total. The maximum absolute atomic E-state index is 11.8. The van der Waals surface area contributed by atoms with Crippen molar-refractivity contribution in [1.82, 2.24) is 5.16 Å². The molecular weight excluding hydrogens is 266 g/mol. The van der Waals surface area contributed by atoms with E-state index in [1.54, 1.807) is 19.2 Å². The maximum Gasteiger partial charge on any atom is 0.224 e. The molecule has 21 heavy (non-hydrogen) atoms. The second-order valence-electron chi connectivity index (χ2n) is 4.47. The van der Waals surface area contributed by atoms with E-state index in [2.05, 4.69) is 5.16 Å². The minimum Gasteiger partial charge on any atom is -0.496 e. The summed E-state index contributed by atoms with van der Waals surface area (Å²) in [5, 5.41) is 4.64. The minimum atomic E-state index is -0.181. The molecule has 4 nitrogen and oxygen atoms in total. The number of hydrogen-bond acceptors (Lipinski definition) is 4. The van der Waals surface area contributed by atoms with E-state index in [4.69, 9.17) is 9.26 Å². The van der Waals surface area contributed by atoms with Crippen molar-refractivity contribution in [2.75, 3.05) is 7.11 Å². The lowest BCUT2D eigenvalue weighted by Gasteiger charge is -2.02. The number of benzene rings is 1. The molecule has 0 aliphatic rings. The summed E-state index contributed by atoms with van der Waals surface area (Å²) in [5.41, 5.74) is 1.63. The Labute approximate surface area is 121 Å². The van der Waals surface area contributed by atoms with Crippen LogP contribution in [0.5, 0.6) is 5.75 Å². The lowest BCUT2D eigenvalue weighted by atomic mass is 10.1. The molecule has 104 valence electrons. The summed E-state index contributed by atoms with van der Waals surface area (Å²) < 4.78 is 10.4. The van der Waals surface area contributed by atoms with Gasteiger partial charge in [0.1, 0.15) is 11.4 Å². The van der Waals surface area contributed by atoms with E-state index >= 15 is 0 Å². The third-order valence-electron chi connectivity index (χ3n) is 3.16. The van der Waals surface area contributed by atoms with Crippen LogP contribution in [-0.4, -0.2) is 12.3 Å². The van der Waals surface area contributed by atoms with Crippen LogP contribution in [0.4, 0.5) is 0 Å². The van der Waals surface area contributed by atoms with Crippen molar-refractivity contribution >= 4 is 23.1 Å². The van der Waals surface area contributed by atoms with Crippen molar-refractivity contribution in [1.29, 1.82) is 0 Å². The molecule has 1 heterocycles. The highest BCUT2D eigenvalue weighted by Crippen LogP contribution is 2.21. The zero-order valence-electron chi connectivity index (χ0n) is 11.4. The Bertz CT molecular complexity index is 865. The second-order valence-corrected chi connectivity index (χ2v) is 4.47. The smallest absolute Gasteiger partial charge is 0.224 e. The Morgan fingerprint density at radius 2 is 1.81 bits per heavy atom. The van der Waals surface area contributed by atoms with Gasteiger partial charge in [-0.2, -0.15) is 0 Å². The molecule has 3 aromatic rings. The monoisotopic (exact) mass is 279 g/mol. The molecule has 0 aliphatic heterocycles. The summed E-state index contributed by atoms with van der Waals surface area (Å²) in [6, 6.07) is 14.4. The van der Waals surface area contributed by atoms with Crippen LogP contribution < -0.4 is 10.2 Å². The molecule has 0 atom stereocenters. The van der Waals surface area contributed by atoms with Crippen LogP contribution in [0.25, 0.3) is 23.1 Å². The van der Waals surface area contributed by atoms with E-state index in [0.717, 1.165) is 11.3 Å². The van der Waals surface area contributed by atoms with Crippen molar-refractivity contribution < 1.29 is 9.26 Å². The van der Waals surface area contributed by atoms with Gasteiger partial charge in [-0.25, -0.2) is 0 Å². The molecule has 0 saturated carbocycles. The van der Waals surface area contributed by atoms with Crippen LogP contribution in [0, 0.1) is 0 Å². The third kappa shape index (κ3) is 2.56. The number of rotatable bonds is 3. The molecule has 0 aliphatic carbocycles. The third-order valence-corrected chi connectivity index (χ3v) is 3.16. The second kappa shape index (κ2) is 5.63. The van der Waals surface area contributed by atoms with E-state index in [1.807, 2.05) is 42.5 Å². The van der Waals surface area contributed by atoms with E-state index in [9.17, 15) is 4.79 Å². The highest BCUT2D eigenvalue weighted by molar-refractivity contribution is 5.87. The predicted octanol–water partition coefficient (Wildman–Crippen LogP) is 3.37. The first kappa shape index (κ1) is 13.1. The summed E-state index contributed by atoms with van der Waals surface area (Å²) in [6.07, 6.45) is 3.69. The Morgan fingerprint density at radius 3 is 2.67 bits per heavy atom. The standard InChI is InChI=1S/C17H13NO3/c1-20-16-9-5-2-6-12(16)10-11-14-13-7-3-4-8-15(19)17(13)21-18-14/h2-11H,1H3/b11-10+. The van der Waals surface area contributed by atoms with Crippen molar-refractivity contribution in [2.24, 2.45) is 0 Å². The van der Waals surface area contributed by atoms with Crippen molar-refractivity contribution in [3.8, 4) is 5.75 Å². The number of ether oxygens (including phenoxy) is 1. The Hall–Kier alpha value is -2.88. The first-order chi connectivity index (χ1) is 10.3. The predicted molar refractivity (Wildman–Crippen MR) is 82.2 cm³/mol. The quantitative estimate of drug-likeness (QED) is 0.737. The van der Waals surface area contributed by atoms with Gasteiger partial charge in [-0.15, -0.1) is 0 Å². The Balaban J connectivity index is 2.07. The van der Waals surface area contributed by atoms with Crippen LogP contribution in [0.2, 0.25) is 0 Å². The molecule has 4 heteroatoms. The van der Waals surface area contributed by atoms with Gasteiger partial charge in [0.05, 0.1) is 12.5 Å². The van der Waals surface area contributed by atoms with Crippen LogP contribution in [0.3, 0.4) is 0 Å². The molecule has 0 bridgehead atoms. The zero-order valence-corrected chi connectivity index (χ0v) is 11.4. The van der Waals surface area contributed by atoms with Gasteiger partial charge in [0, 0.05) is 5.56 Å². The SMILES string of the molecule is COc1ccccc1/C=C/c1noc2c(=O)ccccc12. The molecule has 1 aromatic heterocycles. The number of fused-ring (bicyclic) bond motifs is 1. The largest absolute Gasteiger partial charge is 0.496 e. The van der Waals surface area contributed by atoms with Gasteiger partial charge in [-0.05, 0) is 30.4 Å². The molecule has 0 radical (unpaired) electrons. The molecular formula is C17H13NO3. The summed E-state index contributed by atoms with van der Waals surface area (Å²) in [5.74, 6) is 0.775. The molecule has 0 saturated heterocycles. The van der Waals surface area contributed by atoms with E-state index in [0.29, 0.717) is 11.1 Å². The summed E-state index contributed by atoms with van der Waals surface area (Å²) in [6.45, 7) is 0. The number of hydrogen-bond donors (Lipinski definition) is 0. The fourth-order valence-electron chi connectivity index (χ4n) is 2.11. The molecule has 0 unspecified atom stereocenters. The topological polar surface area (TPSA) is 52.3 Å². The first-order valence-electron chi connectivity index (χ1n) is 6.49. The first-order valence-corrected chi connectivity index (χ1v) is 6.49. The fourth-order valence-corrected chi connectivity index (χ4v) is 2.11. The zero-order chi connectivity index (χ0) is 14.7. The lowest BCUT2D eigenvalue weighted by molar-refractivity contribution is 0.414. The average Bonchev–Trinajstić information content (AvgIpc) is 2.83. The highest BCUT2D eigenvalue weighted by atomic mass is 16.5. The van der Waals surface area contributed by atoms with E-state index < -0.39 is 0 Å². The fraction of sp³-hybridized carbons (Fsp3) is 0.0588. The molecule has 0 spiro atoms. The highest BCUT2D eigenvalue weighted by Gasteiger charge is 2.07. The van der Waals surface area contributed by atoms with Gasteiger partial charge in [-0.3, -0.25) is 4.79 Å². The van der Waals surface area contributed by atoms with Gasteiger partial charge in [0.25, 0.3) is 0 Å². The Morgan fingerprint density at radius 1 is 1.05 bits per heavy atom. The van der Waals surface area contributed by atoms with Gasteiger partial charge in [0.2, 0.25) is 11.0 Å². The van der Waals surface area contributed by atoms with Crippen molar-refractivity contribution in [2.45, 2.75) is 0 Å². The van der Waals surface area contributed by atoms with Gasteiger partial charge in [0.15, 0.2) is 0 Å². The molecule has 3 rings (SSSR count). The number of methoxy groups -OCH3 is 1. The average molecular weight is 279 g/mol. The minimum absolute atomic E-state index is 0.181. The van der Waals surface area contributed by atoms with Crippen molar-refractivity contribution in [3.63, 3.8) is 0 Å². The van der Waals surface area contributed by atoms with E-state index in [1.165, 1.54) is 6.07 Å². The molecule has 2 aromatic carbocycles. The Kier molecular flexibility index (Phi) is 3.51. The summed E-state index contributed by atoms with van der Waals surface area (Å²) >= 11 is 0. The van der Waals surface area contributed by atoms with Gasteiger partial charge in [-0.1, -0.05) is 35.5 Å². The van der Waals surface area contributed by atoms with Crippen LogP contribution >= 0.6 is 0 Å². The summed E-state index contributed by atoms with van der Waals surface area (Å²) in [7, 11) is 1.63. The molecule has 0 fully saturated rings. The van der Waals surface area contributed by atoms with Crippen LogP contribution in [0.15, 0.2) is 57.8 Å². The summed E-state index contributed by atoms with van der Waals surface area (Å²) in [4.78, 5) is 11.8. The van der Waals surface area contributed by atoms with Gasteiger partial charge >= 0.3 is 0 Å². The maximum atomic E-state index is 11.8. The normalized spacial score (nSPS) is 11.1. The van der Waals surface area contributed by atoms with Crippen molar-refractivity contribution in [3.05, 3.63) is 70.0 Å². The molecule has 0 amide bonds. The van der Waals surface area contributed by atoms with Crippen LogP contribution in [-0.2, 0) is 0 Å². The van der Waals surface area contributed by atoms with Crippen LogP contribution in [0.1, 0.15) is 11.3 Å². The number of para-hydroxylation sites is 1.